The van der Waals surface area contributed by atoms with Crippen LogP contribution in [0.1, 0.15) is 26.2 Å². The van der Waals surface area contributed by atoms with Crippen molar-refractivity contribution in [3.63, 3.8) is 0 Å². The van der Waals surface area contributed by atoms with E-state index in [4.69, 9.17) is 0 Å². The van der Waals surface area contributed by atoms with Crippen molar-refractivity contribution in [2.75, 3.05) is 24.5 Å². The third-order valence-electron chi connectivity index (χ3n) is 3.22. The zero-order chi connectivity index (χ0) is 12.1. The van der Waals surface area contributed by atoms with Gasteiger partial charge in [-0.25, -0.2) is 9.37 Å². The van der Waals surface area contributed by atoms with Gasteiger partial charge in [-0.3, -0.25) is 0 Å². The van der Waals surface area contributed by atoms with Gasteiger partial charge in [0.1, 0.15) is 0 Å². The molecule has 1 aliphatic heterocycles. The molecular formula is C13H20FN3. The number of piperidine rings is 1. The summed E-state index contributed by atoms with van der Waals surface area (Å²) >= 11 is 0. The Bertz CT molecular complexity index is 348. The second-order valence-electron chi connectivity index (χ2n) is 4.52. The van der Waals surface area contributed by atoms with Crippen LogP contribution in [-0.4, -0.2) is 30.7 Å². The van der Waals surface area contributed by atoms with Crippen molar-refractivity contribution in [2.45, 2.75) is 32.2 Å². The zero-order valence-electron chi connectivity index (χ0n) is 10.3. The Hall–Kier alpha value is -1.16. The molecule has 0 radical (unpaired) electrons. The molecule has 0 aromatic carbocycles. The molecule has 4 heteroatoms. The Labute approximate surface area is 102 Å². The van der Waals surface area contributed by atoms with Gasteiger partial charge in [0.2, 0.25) is 0 Å². The second-order valence-corrected chi connectivity index (χ2v) is 4.52. The summed E-state index contributed by atoms with van der Waals surface area (Å²) in [6.07, 6.45) is 4.95. The highest BCUT2D eigenvalue weighted by Crippen LogP contribution is 2.20. The van der Waals surface area contributed by atoms with Gasteiger partial charge in [0.15, 0.2) is 11.6 Å². The molecule has 1 aromatic heterocycles. The summed E-state index contributed by atoms with van der Waals surface area (Å²) in [5.41, 5.74) is 0. The van der Waals surface area contributed by atoms with Gasteiger partial charge in [0, 0.05) is 25.3 Å². The average Bonchev–Trinajstić information content (AvgIpc) is 2.38. The van der Waals surface area contributed by atoms with Gasteiger partial charge in [-0.2, -0.15) is 0 Å². The first-order valence-corrected chi connectivity index (χ1v) is 6.40. The van der Waals surface area contributed by atoms with Crippen LogP contribution < -0.4 is 10.2 Å². The van der Waals surface area contributed by atoms with Gasteiger partial charge in [-0.1, -0.05) is 6.92 Å². The number of anilines is 1. The van der Waals surface area contributed by atoms with Crippen LogP contribution in [0.15, 0.2) is 18.3 Å². The predicted molar refractivity (Wildman–Crippen MR) is 67.7 cm³/mol. The maximum atomic E-state index is 13.6. The van der Waals surface area contributed by atoms with Crippen molar-refractivity contribution >= 4 is 5.82 Å². The van der Waals surface area contributed by atoms with E-state index >= 15 is 0 Å². The lowest BCUT2D eigenvalue weighted by Gasteiger charge is -2.33. The van der Waals surface area contributed by atoms with Crippen LogP contribution >= 0.6 is 0 Å². The molecule has 0 aliphatic carbocycles. The molecule has 0 amide bonds. The van der Waals surface area contributed by atoms with Crippen molar-refractivity contribution < 1.29 is 4.39 Å². The molecule has 94 valence electrons. The molecule has 0 saturated carbocycles. The van der Waals surface area contributed by atoms with Gasteiger partial charge >= 0.3 is 0 Å². The van der Waals surface area contributed by atoms with Gasteiger partial charge in [-0.15, -0.1) is 0 Å². The Balaban J connectivity index is 1.89. The van der Waals surface area contributed by atoms with E-state index in [1.54, 1.807) is 12.3 Å². The molecule has 1 saturated heterocycles. The van der Waals surface area contributed by atoms with E-state index in [-0.39, 0.29) is 5.82 Å². The third kappa shape index (κ3) is 3.16. The SMILES string of the molecule is CCCNC1CCN(c2ncccc2F)CC1. The van der Waals surface area contributed by atoms with Crippen molar-refractivity contribution in [3.8, 4) is 0 Å². The Morgan fingerprint density at radius 3 is 2.88 bits per heavy atom. The van der Waals surface area contributed by atoms with Crippen LogP contribution in [0.25, 0.3) is 0 Å². The molecule has 1 fully saturated rings. The fourth-order valence-corrected chi connectivity index (χ4v) is 2.25. The molecular weight excluding hydrogens is 217 g/mol. The fourth-order valence-electron chi connectivity index (χ4n) is 2.25. The summed E-state index contributed by atoms with van der Waals surface area (Å²) < 4.78 is 13.6. The number of rotatable bonds is 4. The van der Waals surface area contributed by atoms with Gasteiger partial charge in [-0.05, 0) is 37.9 Å². The van der Waals surface area contributed by atoms with Crippen molar-refractivity contribution in [3.05, 3.63) is 24.1 Å². The molecule has 1 aromatic rings. The van der Waals surface area contributed by atoms with E-state index in [1.807, 2.05) is 4.90 Å². The first-order chi connectivity index (χ1) is 8.31. The molecule has 0 bridgehead atoms. The fraction of sp³-hybridized carbons (Fsp3) is 0.615. The third-order valence-corrected chi connectivity index (χ3v) is 3.22. The first kappa shape index (κ1) is 12.3. The molecule has 17 heavy (non-hydrogen) atoms. The van der Waals surface area contributed by atoms with E-state index in [0.717, 1.165) is 38.9 Å². The van der Waals surface area contributed by atoms with E-state index in [2.05, 4.69) is 17.2 Å². The number of hydrogen-bond acceptors (Lipinski definition) is 3. The highest BCUT2D eigenvalue weighted by Gasteiger charge is 2.21. The molecule has 2 rings (SSSR count). The van der Waals surface area contributed by atoms with Crippen LogP contribution in [-0.2, 0) is 0 Å². The highest BCUT2D eigenvalue weighted by atomic mass is 19.1. The summed E-state index contributed by atoms with van der Waals surface area (Å²) in [7, 11) is 0. The molecule has 1 N–H and O–H groups in total. The smallest absolute Gasteiger partial charge is 0.165 e. The minimum Gasteiger partial charge on any atom is -0.354 e. The second kappa shape index (κ2) is 5.96. The van der Waals surface area contributed by atoms with Crippen LogP contribution in [0.3, 0.4) is 0 Å². The van der Waals surface area contributed by atoms with E-state index in [0.29, 0.717) is 11.9 Å². The first-order valence-electron chi connectivity index (χ1n) is 6.40. The van der Waals surface area contributed by atoms with Gasteiger partial charge < -0.3 is 10.2 Å². The molecule has 0 unspecified atom stereocenters. The van der Waals surface area contributed by atoms with Crippen molar-refractivity contribution in [2.24, 2.45) is 0 Å². The minimum atomic E-state index is -0.215. The monoisotopic (exact) mass is 237 g/mol. The number of nitrogens with one attached hydrogen (secondary N) is 1. The molecule has 0 spiro atoms. The molecule has 1 aliphatic rings. The van der Waals surface area contributed by atoms with Crippen LogP contribution in [0.4, 0.5) is 10.2 Å². The number of aromatic nitrogens is 1. The average molecular weight is 237 g/mol. The quantitative estimate of drug-likeness (QED) is 0.870. The normalized spacial score (nSPS) is 17.4. The van der Waals surface area contributed by atoms with Crippen LogP contribution in [0, 0.1) is 5.82 Å². The van der Waals surface area contributed by atoms with Crippen molar-refractivity contribution in [1.82, 2.24) is 10.3 Å². The lowest BCUT2D eigenvalue weighted by molar-refractivity contribution is 0.411. The summed E-state index contributed by atoms with van der Waals surface area (Å²) in [6.45, 7) is 5.01. The highest BCUT2D eigenvalue weighted by molar-refractivity contribution is 5.40. The minimum absolute atomic E-state index is 0.215. The van der Waals surface area contributed by atoms with Gasteiger partial charge in [0.05, 0.1) is 0 Å². The number of halogens is 1. The molecule has 3 nitrogen and oxygen atoms in total. The standard InChI is InChI=1S/C13H20FN3/c1-2-7-15-11-5-9-17(10-6-11)13-12(14)4-3-8-16-13/h3-4,8,11,15H,2,5-7,9-10H2,1H3. The van der Waals surface area contributed by atoms with E-state index in [9.17, 15) is 4.39 Å². The maximum absolute atomic E-state index is 13.6. The van der Waals surface area contributed by atoms with E-state index < -0.39 is 0 Å². The Kier molecular flexibility index (Phi) is 4.31. The largest absolute Gasteiger partial charge is 0.354 e. The summed E-state index contributed by atoms with van der Waals surface area (Å²) in [6, 6.07) is 3.69. The van der Waals surface area contributed by atoms with Gasteiger partial charge in [0.25, 0.3) is 0 Å². The predicted octanol–water partition coefficient (Wildman–Crippen LogP) is 2.19. The van der Waals surface area contributed by atoms with E-state index in [1.165, 1.54) is 6.07 Å². The van der Waals surface area contributed by atoms with Crippen molar-refractivity contribution in [1.29, 1.82) is 0 Å². The van der Waals surface area contributed by atoms with Crippen LogP contribution in [0.5, 0.6) is 0 Å². The molecule has 0 atom stereocenters. The summed E-state index contributed by atoms with van der Waals surface area (Å²) in [4.78, 5) is 6.16. The lowest BCUT2D eigenvalue weighted by Crippen LogP contribution is -2.43. The summed E-state index contributed by atoms with van der Waals surface area (Å²) in [5.74, 6) is 0.286. The molecule has 2 heterocycles. The Morgan fingerprint density at radius 1 is 1.47 bits per heavy atom. The Morgan fingerprint density at radius 2 is 2.24 bits per heavy atom. The van der Waals surface area contributed by atoms with Crippen LogP contribution in [0.2, 0.25) is 0 Å². The lowest BCUT2D eigenvalue weighted by atomic mass is 10.0. The maximum Gasteiger partial charge on any atom is 0.165 e. The number of pyridine rings is 1. The topological polar surface area (TPSA) is 28.2 Å². The number of hydrogen-bond donors (Lipinski definition) is 1. The summed E-state index contributed by atoms with van der Waals surface area (Å²) in [5, 5.41) is 3.52. The number of nitrogens with zero attached hydrogens (tertiary/aromatic N) is 2. The zero-order valence-corrected chi connectivity index (χ0v) is 10.3.